The number of rotatable bonds is 7. The summed E-state index contributed by atoms with van der Waals surface area (Å²) in [5, 5.41) is 2.72. The molecule has 7 heteroatoms. The Morgan fingerprint density at radius 1 is 0.939 bits per heavy atom. The number of ether oxygens (including phenoxy) is 3. The summed E-state index contributed by atoms with van der Waals surface area (Å²) in [5.74, 6) is -0.101. The summed E-state index contributed by atoms with van der Waals surface area (Å²) in [7, 11) is 0. The Hall–Kier alpha value is -4.39. The van der Waals surface area contributed by atoms with Gasteiger partial charge in [-0.25, -0.2) is 4.79 Å². The molecule has 1 atom stereocenters. The van der Waals surface area contributed by atoms with Crippen LogP contribution in [0.4, 0.5) is 5.69 Å². The fourth-order valence-corrected chi connectivity index (χ4v) is 3.26. The van der Waals surface area contributed by atoms with Gasteiger partial charge < -0.3 is 19.5 Å². The van der Waals surface area contributed by atoms with Gasteiger partial charge in [-0.3, -0.25) is 9.59 Å². The van der Waals surface area contributed by atoms with Crippen molar-refractivity contribution in [2.24, 2.45) is 0 Å². The largest absolute Gasteiger partial charge is 0.454 e. The second kappa shape index (κ2) is 9.82. The van der Waals surface area contributed by atoms with E-state index in [1.165, 1.54) is 13.0 Å². The zero-order chi connectivity index (χ0) is 23.2. The molecule has 0 aromatic heterocycles. The first-order valence-corrected chi connectivity index (χ1v) is 10.2. The van der Waals surface area contributed by atoms with E-state index in [-0.39, 0.29) is 12.6 Å². The summed E-state index contributed by atoms with van der Waals surface area (Å²) in [6, 6.07) is 20.5. The van der Waals surface area contributed by atoms with Crippen LogP contribution in [0.15, 0.2) is 78.9 Å². The number of carbonyl (C=O) groups excluding carboxylic acids is 3. The van der Waals surface area contributed by atoms with E-state index in [0.29, 0.717) is 28.3 Å². The van der Waals surface area contributed by atoms with Crippen LogP contribution < -0.4 is 14.8 Å². The first kappa shape index (κ1) is 21.8. The van der Waals surface area contributed by atoms with Gasteiger partial charge in [0.25, 0.3) is 5.91 Å². The van der Waals surface area contributed by atoms with Gasteiger partial charge in [-0.2, -0.15) is 0 Å². The second-order valence-corrected chi connectivity index (χ2v) is 7.30. The van der Waals surface area contributed by atoms with Gasteiger partial charge in [-0.15, -0.1) is 0 Å². The van der Waals surface area contributed by atoms with Gasteiger partial charge in [0.2, 0.25) is 12.9 Å². The van der Waals surface area contributed by atoms with Gasteiger partial charge in [0.15, 0.2) is 17.3 Å². The maximum absolute atomic E-state index is 13.0. The molecule has 0 spiro atoms. The van der Waals surface area contributed by atoms with Crippen molar-refractivity contribution in [2.45, 2.75) is 13.0 Å². The summed E-state index contributed by atoms with van der Waals surface area (Å²) in [4.78, 5) is 37.2. The van der Waals surface area contributed by atoms with Crippen LogP contribution in [0.25, 0.3) is 6.08 Å². The number of benzene rings is 3. The van der Waals surface area contributed by atoms with Crippen LogP contribution in [0.3, 0.4) is 0 Å². The standard InChI is InChI=1S/C26H21NO6/c1-17(28)20-8-5-9-21(15-20)27-26(30)25(19-6-3-2-4-7-19)33-24(29)13-11-18-10-12-22-23(14-18)32-16-31-22/h2-15,25H,16H2,1H3,(H,27,30). The summed E-state index contributed by atoms with van der Waals surface area (Å²) in [6.45, 7) is 1.61. The van der Waals surface area contributed by atoms with Gasteiger partial charge in [0, 0.05) is 22.9 Å². The Morgan fingerprint density at radius 2 is 1.73 bits per heavy atom. The number of nitrogens with one attached hydrogen (secondary N) is 1. The zero-order valence-electron chi connectivity index (χ0n) is 17.8. The average molecular weight is 443 g/mol. The van der Waals surface area contributed by atoms with Crippen molar-refractivity contribution in [1.82, 2.24) is 0 Å². The summed E-state index contributed by atoms with van der Waals surface area (Å²) in [5.41, 5.74) is 2.13. The molecule has 1 amide bonds. The van der Waals surface area contributed by atoms with E-state index >= 15 is 0 Å². The Labute approximate surface area is 190 Å². The van der Waals surface area contributed by atoms with Crippen LogP contribution in [0.1, 0.15) is 34.5 Å². The third-order valence-electron chi connectivity index (χ3n) is 4.92. The topological polar surface area (TPSA) is 90.9 Å². The normalized spacial score (nSPS) is 12.9. The van der Waals surface area contributed by atoms with Gasteiger partial charge in [0.05, 0.1) is 0 Å². The first-order chi connectivity index (χ1) is 16.0. The number of esters is 1. The molecule has 33 heavy (non-hydrogen) atoms. The van der Waals surface area contributed by atoms with E-state index in [0.717, 1.165) is 5.56 Å². The highest BCUT2D eigenvalue weighted by molar-refractivity contribution is 5.99. The van der Waals surface area contributed by atoms with E-state index in [4.69, 9.17) is 14.2 Å². The lowest BCUT2D eigenvalue weighted by molar-refractivity contribution is -0.149. The van der Waals surface area contributed by atoms with Crippen LogP contribution in [0.5, 0.6) is 11.5 Å². The van der Waals surface area contributed by atoms with Crippen molar-refractivity contribution in [3.63, 3.8) is 0 Å². The molecule has 1 aliphatic heterocycles. The molecule has 4 rings (SSSR count). The van der Waals surface area contributed by atoms with Crippen molar-refractivity contribution >= 4 is 29.4 Å². The van der Waals surface area contributed by atoms with Gasteiger partial charge in [0.1, 0.15) is 0 Å². The molecule has 3 aromatic rings. The third kappa shape index (κ3) is 5.46. The van der Waals surface area contributed by atoms with Crippen molar-refractivity contribution in [3.05, 3.63) is 95.6 Å². The van der Waals surface area contributed by atoms with Crippen molar-refractivity contribution in [2.75, 3.05) is 12.1 Å². The minimum absolute atomic E-state index is 0.120. The number of hydrogen-bond donors (Lipinski definition) is 1. The average Bonchev–Trinajstić information content (AvgIpc) is 3.30. The molecule has 1 unspecified atom stereocenters. The molecular weight excluding hydrogens is 422 g/mol. The quantitative estimate of drug-likeness (QED) is 0.327. The number of ketones is 1. The fourth-order valence-electron chi connectivity index (χ4n) is 3.26. The SMILES string of the molecule is CC(=O)c1cccc(NC(=O)C(OC(=O)C=Cc2ccc3c(c2)OCO3)c2ccccc2)c1. The second-order valence-electron chi connectivity index (χ2n) is 7.30. The van der Waals surface area contributed by atoms with Crippen LogP contribution >= 0.6 is 0 Å². The van der Waals surface area contributed by atoms with E-state index in [9.17, 15) is 14.4 Å². The van der Waals surface area contributed by atoms with Crippen LogP contribution in [-0.4, -0.2) is 24.5 Å². The predicted octanol–water partition coefficient (Wildman–Crippen LogP) is 4.55. The Kier molecular flexibility index (Phi) is 6.50. The molecule has 0 saturated heterocycles. The van der Waals surface area contributed by atoms with E-state index in [1.54, 1.807) is 78.9 Å². The molecule has 0 aliphatic carbocycles. The van der Waals surface area contributed by atoms with Gasteiger partial charge in [-0.05, 0) is 42.8 Å². The van der Waals surface area contributed by atoms with E-state index in [2.05, 4.69) is 5.32 Å². The number of hydrogen-bond acceptors (Lipinski definition) is 6. The fraction of sp³-hybridized carbons (Fsp3) is 0.115. The lowest BCUT2D eigenvalue weighted by Gasteiger charge is -2.17. The predicted molar refractivity (Wildman–Crippen MR) is 122 cm³/mol. The number of anilines is 1. The van der Waals surface area contributed by atoms with Crippen LogP contribution in [-0.2, 0) is 14.3 Å². The maximum Gasteiger partial charge on any atom is 0.331 e. The van der Waals surface area contributed by atoms with Gasteiger partial charge >= 0.3 is 5.97 Å². The lowest BCUT2D eigenvalue weighted by Crippen LogP contribution is -2.25. The minimum atomic E-state index is -1.18. The molecule has 1 N–H and O–H groups in total. The summed E-state index contributed by atoms with van der Waals surface area (Å²) in [6.07, 6.45) is 1.64. The Bertz CT molecular complexity index is 1220. The third-order valence-corrected chi connectivity index (χ3v) is 4.92. The lowest BCUT2D eigenvalue weighted by atomic mass is 10.1. The molecule has 0 saturated carbocycles. The first-order valence-electron chi connectivity index (χ1n) is 10.2. The number of amides is 1. The molecule has 3 aromatic carbocycles. The van der Waals surface area contributed by atoms with Gasteiger partial charge in [-0.1, -0.05) is 48.5 Å². The molecule has 166 valence electrons. The van der Waals surface area contributed by atoms with E-state index in [1.807, 2.05) is 0 Å². The molecule has 0 radical (unpaired) electrons. The zero-order valence-corrected chi connectivity index (χ0v) is 17.8. The summed E-state index contributed by atoms with van der Waals surface area (Å²) < 4.78 is 16.1. The highest BCUT2D eigenvalue weighted by atomic mass is 16.7. The van der Waals surface area contributed by atoms with Crippen molar-refractivity contribution < 1.29 is 28.6 Å². The number of carbonyl (C=O) groups is 3. The van der Waals surface area contributed by atoms with Crippen LogP contribution in [0, 0.1) is 0 Å². The Balaban J connectivity index is 1.50. The van der Waals surface area contributed by atoms with Crippen molar-refractivity contribution in [3.8, 4) is 11.5 Å². The monoisotopic (exact) mass is 443 g/mol. The maximum atomic E-state index is 13.0. The number of Topliss-reactive ketones (excluding diaryl/α,β-unsaturated/α-hetero) is 1. The molecule has 1 heterocycles. The van der Waals surface area contributed by atoms with Crippen LogP contribution in [0.2, 0.25) is 0 Å². The Morgan fingerprint density at radius 3 is 2.52 bits per heavy atom. The number of fused-ring (bicyclic) bond motifs is 1. The van der Waals surface area contributed by atoms with Crippen molar-refractivity contribution in [1.29, 1.82) is 0 Å². The molecular formula is C26H21NO6. The molecule has 1 aliphatic rings. The van der Waals surface area contributed by atoms with E-state index < -0.39 is 18.0 Å². The highest BCUT2D eigenvalue weighted by Crippen LogP contribution is 2.32. The smallest absolute Gasteiger partial charge is 0.331 e. The molecule has 0 fully saturated rings. The molecule has 0 bridgehead atoms. The minimum Gasteiger partial charge on any atom is -0.454 e. The summed E-state index contributed by atoms with van der Waals surface area (Å²) >= 11 is 0. The molecule has 7 nitrogen and oxygen atoms in total. The highest BCUT2D eigenvalue weighted by Gasteiger charge is 2.24.